The second-order valence-electron chi connectivity index (χ2n) is 6.15. The van der Waals surface area contributed by atoms with Gasteiger partial charge in [0, 0.05) is 12.1 Å². The van der Waals surface area contributed by atoms with E-state index in [-0.39, 0.29) is 6.03 Å². The monoisotopic (exact) mass is 313 g/mol. The molecule has 0 aromatic heterocycles. The summed E-state index contributed by atoms with van der Waals surface area (Å²) >= 11 is 0. The average Bonchev–Trinajstić information content (AvgIpc) is 2.58. The summed E-state index contributed by atoms with van der Waals surface area (Å²) < 4.78 is 0. The first-order chi connectivity index (χ1) is 11.2. The number of likely N-dealkylation sites (tertiary alicyclic amines) is 1. The van der Waals surface area contributed by atoms with Gasteiger partial charge in [0.05, 0.1) is 6.54 Å². The predicted molar refractivity (Wildman–Crippen MR) is 94.2 cm³/mol. The van der Waals surface area contributed by atoms with Gasteiger partial charge in [-0.1, -0.05) is 37.0 Å². The van der Waals surface area contributed by atoms with Crippen molar-refractivity contribution in [1.29, 1.82) is 0 Å². The highest BCUT2D eigenvalue weighted by molar-refractivity contribution is 5.74. The van der Waals surface area contributed by atoms with Crippen LogP contribution in [0.5, 0.6) is 0 Å². The summed E-state index contributed by atoms with van der Waals surface area (Å²) in [5.41, 5.74) is 0.963. The first kappa shape index (κ1) is 17.4. The van der Waals surface area contributed by atoms with Crippen LogP contribution in [0.4, 0.5) is 4.79 Å². The molecule has 0 radical (unpaired) electrons. The van der Waals surface area contributed by atoms with E-state index in [4.69, 9.17) is 0 Å². The van der Waals surface area contributed by atoms with Gasteiger partial charge >= 0.3 is 6.03 Å². The fourth-order valence-corrected chi connectivity index (χ4v) is 2.64. The van der Waals surface area contributed by atoms with Gasteiger partial charge in [-0.15, -0.1) is 0 Å². The Morgan fingerprint density at radius 2 is 1.96 bits per heavy atom. The van der Waals surface area contributed by atoms with Crippen LogP contribution in [0, 0.1) is 17.8 Å². The highest BCUT2D eigenvalue weighted by Crippen LogP contribution is 2.15. The maximum atomic E-state index is 11.6. The quantitative estimate of drug-likeness (QED) is 0.648. The number of hydrogen-bond acceptors (Lipinski definition) is 2. The minimum Gasteiger partial charge on any atom is -0.338 e. The lowest BCUT2D eigenvalue weighted by Crippen LogP contribution is -2.38. The number of nitrogens with zero attached hydrogens (tertiary/aromatic N) is 1. The Bertz CT molecular complexity index is 525. The second-order valence-corrected chi connectivity index (χ2v) is 6.15. The molecule has 0 aliphatic carbocycles. The molecule has 1 aliphatic rings. The van der Waals surface area contributed by atoms with Crippen molar-refractivity contribution in [3.8, 4) is 11.8 Å². The molecule has 4 heteroatoms. The van der Waals surface area contributed by atoms with Gasteiger partial charge in [0.15, 0.2) is 0 Å². The molecule has 1 aromatic rings. The summed E-state index contributed by atoms with van der Waals surface area (Å²) in [4.78, 5) is 14.1. The number of carbonyl (C=O) groups excluding carboxylic acids is 1. The average molecular weight is 313 g/mol. The number of nitrogens with one attached hydrogen (secondary N) is 2. The summed E-state index contributed by atoms with van der Waals surface area (Å²) in [5.74, 6) is 6.83. The smallest absolute Gasteiger partial charge is 0.315 e. The third kappa shape index (κ3) is 7.21. The highest BCUT2D eigenvalue weighted by atomic mass is 16.2. The van der Waals surface area contributed by atoms with Crippen LogP contribution in [0.25, 0.3) is 0 Å². The van der Waals surface area contributed by atoms with Crippen molar-refractivity contribution in [2.45, 2.75) is 26.2 Å². The highest BCUT2D eigenvalue weighted by Gasteiger charge is 2.14. The van der Waals surface area contributed by atoms with Crippen LogP contribution in [-0.4, -0.2) is 43.7 Å². The zero-order valence-electron chi connectivity index (χ0n) is 14.0. The zero-order valence-corrected chi connectivity index (χ0v) is 14.0. The summed E-state index contributed by atoms with van der Waals surface area (Å²) in [6.45, 7) is 6.87. The van der Waals surface area contributed by atoms with Gasteiger partial charge in [-0.05, 0) is 56.9 Å². The van der Waals surface area contributed by atoms with Crippen molar-refractivity contribution in [3.05, 3.63) is 35.9 Å². The first-order valence-electron chi connectivity index (χ1n) is 8.52. The molecule has 0 atom stereocenters. The lowest BCUT2D eigenvalue weighted by Gasteiger charge is -2.30. The van der Waals surface area contributed by atoms with Gasteiger partial charge in [-0.25, -0.2) is 4.79 Å². The summed E-state index contributed by atoms with van der Waals surface area (Å²) in [5, 5.41) is 5.65. The van der Waals surface area contributed by atoms with E-state index in [9.17, 15) is 4.79 Å². The molecule has 124 valence electrons. The minimum absolute atomic E-state index is 0.139. The Hall–Kier alpha value is -1.99. The SMILES string of the molecule is CC1CCN(CCCNC(=O)NCC#Cc2ccccc2)CC1. The van der Waals surface area contributed by atoms with Gasteiger partial charge < -0.3 is 15.5 Å². The maximum Gasteiger partial charge on any atom is 0.315 e. The molecule has 1 saturated heterocycles. The Kier molecular flexibility index (Phi) is 7.48. The van der Waals surface area contributed by atoms with Crippen molar-refractivity contribution in [2.75, 3.05) is 32.7 Å². The fraction of sp³-hybridized carbons (Fsp3) is 0.526. The summed E-state index contributed by atoms with van der Waals surface area (Å²) in [7, 11) is 0. The minimum atomic E-state index is -0.139. The number of urea groups is 1. The van der Waals surface area contributed by atoms with Gasteiger partial charge in [-0.3, -0.25) is 0 Å². The van der Waals surface area contributed by atoms with E-state index in [1.54, 1.807) is 0 Å². The van der Waals surface area contributed by atoms with E-state index in [1.807, 2.05) is 30.3 Å². The van der Waals surface area contributed by atoms with Crippen LogP contribution in [0.2, 0.25) is 0 Å². The first-order valence-corrected chi connectivity index (χ1v) is 8.52. The molecule has 0 unspecified atom stereocenters. The van der Waals surface area contributed by atoms with Crippen molar-refractivity contribution >= 4 is 6.03 Å². The van der Waals surface area contributed by atoms with Gasteiger partial charge in [0.2, 0.25) is 0 Å². The van der Waals surface area contributed by atoms with Crippen LogP contribution < -0.4 is 10.6 Å². The molecule has 0 saturated carbocycles. The summed E-state index contributed by atoms with van der Waals surface area (Å²) in [6, 6.07) is 9.63. The van der Waals surface area contributed by atoms with Crippen LogP contribution >= 0.6 is 0 Å². The number of rotatable bonds is 5. The molecule has 23 heavy (non-hydrogen) atoms. The maximum absolute atomic E-state index is 11.6. The Morgan fingerprint density at radius 3 is 2.70 bits per heavy atom. The van der Waals surface area contributed by atoms with Crippen molar-refractivity contribution in [2.24, 2.45) is 5.92 Å². The molecule has 2 amide bonds. The molecule has 1 heterocycles. The van der Waals surface area contributed by atoms with Crippen molar-refractivity contribution < 1.29 is 4.79 Å². The standard InChI is InChI=1S/C19H27N3O/c1-17-10-15-22(16-11-17)14-6-13-21-19(23)20-12-5-9-18-7-3-2-4-8-18/h2-4,7-8,17H,6,10-16H2,1H3,(H2,20,21,23). The van der Waals surface area contributed by atoms with E-state index >= 15 is 0 Å². The van der Waals surface area contributed by atoms with Crippen LogP contribution in [0.3, 0.4) is 0 Å². The number of piperidine rings is 1. The lowest BCUT2D eigenvalue weighted by atomic mass is 9.99. The Labute approximate surface area is 139 Å². The van der Waals surface area contributed by atoms with Crippen LogP contribution in [0.1, 0.15) is 31.7 Å². The van der Waals surface area contributed by atoms with Crippen LogP contribution in [0.15, 0.2) is 30.3 Å². The largest absolute Gasteiger partial charge is 0.338 e. The van der Waals surface area contributed by atoms with E-state index in [2.05, 4.69) is 34.3 Å². The molecule has 1 fully saturated rings. The normalized spacial score (nSPS) is 15.5. The number of benzene rings is 1. The molecule has 2 rings (SSSR count). The molecule has 1 aromatic carbocycles. The molecule has 2 N–H and O–H groups in total. The van der Waals surface area contributed by atoms with E-state index in [1.165, 1.54) is 25.9 Å². The Morgan fingerprint density at radius 1 is 1.22 bits per heavy atom. The number of amides is 2. The van der Waals surface area contributed by atoms with Crippen molar-refractivity contribution in [1.82, 2.24) is 15.5 Å². The molecular weight excluding hydrogens is 286 g/mol. The molecule has 0 bridgehead atoms. The van der Waals surface area contributed by atoms with Gasteiger partial charge in [0.1, 0.15) is 0 Å². The zero-order chi connectivity index (χ0) is 16.3. The third-order valence-corrected chi connectivity index (χ3v) is 4.16. The third-order valence-electron chi connectivity index (χ3n) is 4.16. The van der Waals surface area contributed by atoms with Crippen molar-refractivity contribution in [3.63, 3.8) is 0 Å². The van der Waals surface area contributed by atoms with Gasteiger partial charge in [0.25, 0.3) is 0 Å². The van der Waals surface area contributed by atoms with Crippen LogP contribution in [-0.2, 0) is 0 Å². The lowest BCUT2D eigenvalue weighted by molar-refractivity contribution is 0.190. The fourth-order valence-electron chi connectivity index (χ4n) is 2.64. The predicted octanol–water partition coefficient (Wildman–Crippen LogP) is 2.46. The molecule has 0 spiro atoms. The second kappa shape index (κ2) is 9.91. The molecule has 4 nitrogen and oxygen atoms in total. The Balaban J connectivity index is 1.51. The number of carbonyl (C=O) groups is 1. The van der Waals surface area contributed by atoms with E-state index < -0.39 is 0 Å². The van der Waals surface area contributed by atoms with Gasteiger partial charge in [-0.2, -0.15) is 0 Å². The van der Waals surface area contributed by atoms with E-state index in [0.29, 0.717) is 13.1 Å². The molecule has 1 aliphatic heterocycles. The topological polar surface area (TPSA) is 44.4 Å². The van der Waals surface area contributed by atoms with E-state index in [0.717, 1.165) is 24.4 Å². The number of hydrogen-bond donors (Lipinski definition) is 2. The summed E-state index contributed by atoms with van der Waals surface area (Å²) in [6.07, 6.45) is 3.60. The molecular formula is C19H27N3O.